The zero-order valence-corrected chi connectivity index (χ0v) is 13.8. The van der Waals surface area contributed by atoms with Crippen molar-refractivity contribution in [1.29, 1.82) is 0 Å². The van der Waals surface area contributed by atoms with E-state index < -0.39 is 10.8 Å². The van der Waals surface area contributed by atoms with Gasteiger partial charge in [-0.1, -0.05) is 18.2 Å². The molecular formula is C18H17N3O4. The van der Waals surface area contributed by atoms with Crippen molar-refractivity contribution in [3.05, 3.63) is 69.8 Å². The van der Waals surface area contributed by atoms with E-state index in [9.17, 15) is 19.7 Å². The summed E-state index contributed by atoms with van der Waals surface area (Å²) < 4.78 is 0. The fourth-order valence-electron chi connectivity index (χ4n) is 2.18. The summed E-state index contributed by atoms with van der Waals surface area (Å²) in [6.45, 7) is 3.01. The average Bonchev–Trinajstić information content (AvgIpc) is 2.55. The van der Waals surface area contributed by atoms with Crippen LogP contribution in [0.15, 0.2) is 48.5 Å². The first-order chi connectivity index (χ1) is 11.9. The molecule has 0 heterocycles. The molecule has 128 valence electrons. The minimum atomic E-state index is -0.489. The Morgan fingerprint density at radius 2 is 1.76 bits per heavy atom. The standard InChI is InChI=1S/C18H17N3O4/c1-12-16(4-3-5-17(12)21(24)25)20-18(23)11-8-14-6-9-15(10-7-14)19-13(2)22/h3-11H,1-2H3,(H,19,22)(H,20,23)/b11-8+. The van der Waals surface area contributed by atoms with Gasteiger partial charge in [-0.05, 0) is 36.8 Å². The third kappa shape index (κ3) is 5.00. The van der Waals surface area contributed by atoms with Gasteiger partial charge in [0.2, 0.25) is 11.8 Å². The number of benzene rings is 2. The predicted molar refractivity (Wildman–Crippen MR) is 96.2 cm³/mol. The lowest BCUT2D eigenvalue weighted by Crippen LogP contribution is -2.09. The van der Waals surface area contributed by atoms with Crippen molar-refractivity contribution in [2.45, 2.75) is 13.8 Å². The quantitative estimate of drug-likeness (QED) is 0.494. The van der Waals surface area contributed by atoms with Crippen LogP contribution in [0.25, 0.3) is 6.08 Å². The fourth-order valence-corrected chi connectivity index (χ4v) is 2.18. The van der Waals surface area contributed by atoms with Gasteiger partial charge < -0.3 is 10.6 Å². The normalized spacial score (nSPS) is 10.5. The van der Waals surface area contributed by atoms with E-state index in [0.29, 0.717) is 16.9 Å². The average molecular weight is 339 g/mol. The van der Waals surface area contributed by atoms with Gasteiger partial charge in [0.15, 0.2) is 0 Å². The van der Waals surface area contributed by atoms with Gasteiger partial charge in [-0.2, -0.15) is 0 Å². The Balaban J connectivity index is 2.05. The van der Waals surface area contributed by atoms with Crippen molar-refractivity contribution in [2.75, 3.05) is 10.6 Å². The Kier molecular flexibility index (Phi) is 5.62. The van der Waals surface area contributed by atoms with Gasteiger partial charge in [0.25, 0.3) is 5.69 Å². The number of hydrogen-bond donors (Lipinski definition) is 2. The second-order valence-electron chi connectivity index (χ2n) is 5.33. The predicted octanol–water partition coefficient (Wildman–Crippen LogP) is 3.51. The number of amides is 2. The lowest BCUT2D eigenvalue weighted by molar-refractivity contribution is -0.385. The van der Waals surface area contributed by atoms with Crippen molar-refractivity contribution in [3.8, 4) is 0 Å². The second kappa shape index (κ2) is 7.87. The molecule has 2 N–H and O–H groups in total. The molecule has 0 bridgehead atoms. The van der Waals surface area contributed by atoms with E-state index in [4.69, 9.17) is 0 Å². The van der Waals surface area contributed by atoms with Gasteiger partial charge in [-0.3, -0.25) is 19.7 Å². The van der Waals surface area contributed by atoms with Crippen LogP contribution in [0.2, 0.25) is 0 Å². The fraction of sp³-hybridized carbons (Fsp3) is 0.111. The van der Waals surface area contributed by atoms with Crippen molar-refractivity contribution in [3.63, 3.8) is 0 Å². The molecule has 0 spiro atoms. The van der Waals surface area contributed by atoms with Crippen LogP contribution in [-0.4, -0.2) is 16.7 Å². The summed E-state index contributed by atoms with van der Waals surface area (Å²) in [4.78, 5) is 33.4. The third-order valence-electron chi connectivity index (χ3n) is 3.42. The number of carbonyl (C=O) groups excluding carboxylic acids is 2. The summed E-state index contributed by atoms with van der Waals surface area (Å²) in [5, 5.41) is 16.2. The highest BCUT2D eigenvalue weighted by Crippen LogP contribution is 2.25. The van der Waals surface area contributed by atoms with Gasteiger partial charge in [0.05, 0.1) is 16.2 Å². The molecule has 7 nitrogen and oxygen atoms in total. The first-order valence-electron chi connectivity index (χ1n) is 7.47. The Morgan fingerprint density at radius 1 is 1.08 bits per heavy atom. The SMILES string of the molecule is CC(=O)Nc1ccc(/C=C/C(=O)Nc2cccc([N+](=O)[O-])c2C)cc1. The van der Waals surface area contributed by atoms with E-state index in [1.54, 1.807) is 43.3 Å². The number of nitro groups is 1. The molecule has 0 aliphatic carbocycles. The molecule has 2 amide bonds. The molecule has 2 aromatic rings. The molecule has 0 saturated heterocycles. The Labute approximate surface area is 144 Å². The van der Waals surface area contributed by atoms with E-state index >= 15 is 0 Å². The largest absolute Gasteiger partial charge is 0.326 e. The highest BCUT2D eigenvalue weighted by Gasteiger charge is 2.13. The molecule has 0 saturated carbocycles. The van der Waals surface area contributed by atoms with Crippen molar-refractivity contribution >= 4 is 35.0 Å². The number of nitrogens with one attached hydrogen (secondary N) is 2. The van der Waals surface area contributed by atoms with Crippen molar-refractivity contribution in [1.82, 2.24) is 0 Å². The lowest BCUT2D eigenvalue weighted by Gasteiger charge is -2.06. The molecule has 0 unspecified atom stereocenters. The van der Waals surface area contributed by atoms with Crippen LogP contribution in [-0.2, 0) is 9.59 Å². The molecule has 25 heavy (non-hydrogen) atoms. The Morgan fingerprint density at radius 3 is 2.36 bits per heavy atom. The lowest BCUT2D eigenvalue weighted by atomic mass is 10.1. The molecule has 0 atom stereocenters. The van der Waals surface area contributed by atoms with Crippen molar-refractivity contribution < 1.29 is 14.5 Å². The van der Waals surface area contributed by atoms with Crippen LogP contribution < -0.4 is 10.6 Å². The zero-order valence-electron chi connectivity index (χ0n) is 13.8. The smallest absolute Gasteiger partial charge is 0.274 e. The minimum absolute atomic E-state index is 0.0460. The van der Waals surface area contributed by atoms with Gasteiger partial charge in [-0.25, -0.2) is 0 Å². The molecule has 0 aromatic heterocycles. The first-order valence-corrected chi connectivity index (χ1v) is 7.47. The number of carbonyl (C=O) groups is 2. The summed E-state index contributed by atoms with van der Waals surface area (Å²) in [5.74, 6) is -0.551. The Bertz CT molecular complexity index is 842. The number of nitrogens with zero attached hydrogens (tertiary/aromatic N) is 1. The number of anilines is 2. The van der Waals surface area contributed by atoms with Crippen LogP contribution in [0.5, 0.6) is 0 Å². The number of rotatable bonds is 5. The molecule has 2 aromatic carbocycles. The van der Waals surface area contributed by atoms with E-state index in [1.807, 2.05) is 0 Å². The van der Waals surface area contributed by atoms with E-state index in [2.05, 4.69) is 10.6 Å². The van der Waals surface area contributed by atoms with Gasteiger partial charge >= 0.3 is 0 Å². The van der Waals surface area contributed by atoms with Crippen LogP contribution in [0, 0.1) is 17.0 Å². The highest BCUT2D eigenvalue weighted by atomic mass is 16.6. The van der Waals surface area contributed by atoms with Crippen LogP contribution in [0.4, 0.5) is 17.1 Å². The summed E-state index contributed by atoms with van der Waals surface area (Å²) in [6, 6.07) is 11.5. The Hall–Kier alpha value is -3.48. The molecule has 0 radical (unpaired) electrons. The van der Waals surface area contributed by atoms with E-state index in [1.165, 1.54) is 25.1 Å². The molecule has 0 aliphatic rings. The topological polar surface area (TPSA) is 101 Å². The number of hydrogen-bond acceptors (Lipinski definition) is 4. The molecule has 7 heteroatoms. The van der Waals surface area contributed by atoms with E-state index in [-0.39, 0.29) is 11.6 Å². The zero-order chi connectivity index (χ0) is 18.4. The maximum absolute atomic E-state index is 12.0. The van der Waals surface area contributed by atoms with Gasteiger partial charge in [0, 0.05) is 24.8 Å². The van der Waals surface area contributed by atoms with Gasteiger partial charge in [0.1, 0.15) is 0 Å². The monoisotopic (exact) mass is 339 g/mol. The maximum atomic E-state index is 12.0. The summed E-state index contributed by atoms with van der Waals surface area (Å²) in [5.41, 5.74) is 2.19. The van der Waals surface area contributed by atoms with E-state index in [0.717, 1.165) is 5.56 Å². The summed E-state index contributed by atoms with van der Waals surface area (Å²) >= 11 is 0. The van der Waals surface area contributed by atoms with Crippen molar-refractivity contribution in [2.24, 2.45) is 0 Å². The summed E-state index contributed by atoms with van der Waals surface area (Å²) in [6.07, 6.45) is 2.95. The highest BCUT2D eigenvalue weighted by molar-refractivity contribution is 6.02. The summed E-state index contributed by atoms with van der Waals surface area (Å²) in [7, 11) is 0. The number of nitro benzene ring substituents is 1. The maximum Gasteiger partial charge on any atom is 0.274 e. The minimum Gasteiger partial charge on any atom is -0.326 e. The first kappa shape index (κ1) is 17.9. The molecular weight excluding hydrogens is 322 g/mol. The molecule has 2 rings (SSSR count). The van der Waals surface area contributed by atoms with Crippen LogP contribution in [0.1, 0.15) is 18.1 Å². The molecule has 0 aliphatic heterocycles. The van der Waals surface area contributed by atoms with Gasteiger partial charge in [-0.15, -0.1) is 0 Å². The molecule has 0 fully saturated rings. The second-order valence-corrected chi connectivity index (χ2v) is 5.33. The third-order valence-corrected chi connectivity index (χ3v) is 3.42. The van der Waals surface area contributed by atoms with Crippen LogP contribution in [0.3, 0.4) is 0 Å². The van der Waals surface area contributed by atoms with Crippen LogP contribution >= 0.6 is 0 Å².